The van der Waals surface area contributed by atoms with Crippen LogP contribution in [0.15, 0.2) is 23.4 Å². The van der Waals surface area contributed by atoms with E-state index in [1.807, 2.05) is 6.92 Å². The maximum Gasteiger partial charge on any atom is 0.258 e. The van der Waals surface area contributed by atoms with Crippen molar-refractivity contribution in [1.82, 2.24) is 15.0 Å². The van der Waals surface area contributed by atoms with Gasteiger partial charge in [0.05, 0.1) is 0 Å². The van der Waals surface area contributed by atoms with Gasteiger partial charge in [0.1, 0.15) is 0 Å². The molecule has 1 aliphatic heterocycles. The van der Waals surface area contributed by atoms with Crippen molar-refractivity contribution in [2.24, 2.45) is 0 Å². The Balaban J connectivity index is 0.00000162. The third kappa shape index (κ3) is 3.91. The van der Waals surface area contributed by atoms with Crippen LogP contribution in [0.25, 0.3) is 0 Å². The molecule has 1 aliphatic rings. The molecule has 0 radical (unpaired) electrons. The summed E-state index contributed by atoms with van der Waals surface area (Å²) in [4.78, 5) is 3.91. The molecule has 1 aromatic heterocycles. The Morgan fingerprint density at radius 1 is 1.39 bits per heavy atom. The summed E-state index contributed by atoms with van der Waals surface area (Å²) in [5.41, 5.74) is 0.894. The lowest BCUT2D eigenvalue weighted by molar-refractivity contribution is 0.426. The summed E-state index contributed by atoms with van der Waals surface area (Å²) in [6, 6.07) is 3.39. The molecule has 1 saturated heterocycles. The first-order valence-corrected chi connectivity index (χ1v) is 7.22. The molecule has 1 aromatic rings. The summed E-state index contributed by atoms with van der Waals surface area (Å²) in [7, 11) is -3.47. The van der Waals surface area contributed by atoms with Gasteiger partial charge in [-0.2, -0.15) is 0 Å². The minimum atomic E-state index is -3.47. The van der Waals surface area contributed by atoms with Crippen LogP contribution in [-0.4, -0.2) is 32.5 Å². The number of pyridine rings is 1. The zero-order valence-electron chi connectivity index (χ0n) is 10.2. The molecule has 0 aliphatic carbocycles. The fraction of sp³-hybridized carbons (Fsp3) is 0.545. The first kappa shape index (κ1) is 15.4. The summed E-state index contributed by atoms with van der Waals surface area (Å²) in [6.07, 6.45) is 3.17. The van der Waals surface area contributed by atoms with Crippen LogP contribution in [0.4, 0.5) is 0 Å². The van der Waals surface area contributed by atoms with E-state index < -0.39 is 10.0 Å². The van der Waals surface area contributed by atoms with E-state index in [2.05, 4.69) is 15.0 Å². The van der Waals surface area contributed by atoms with E-state index in [1.165, 1.54) is 6.20 Å². The van der Waals surface area contributed by atoms with Gasteiger partial charge in [0, 0.05) is 12.2 Å². The second kappa shape index (κ2) is 6.47. The summed E-state index contributed by atoms with van der Waals surface area (Å²) < 4.78 is 26.8. The smallest absolute Gasteiger partial charge is 0.258 e. The molecule has 0 spiro atoms. The fourth-order valence-corrected chi connectivity index (χ4v) is 3.21. The van der Waals surface area contributed by atoms with Gasteiger partial charge in [-0.05, 0) is 50.6 Å². The number of hydrogen-bond acceptors (Lipinski definition) is 4. The minimum Gasteiger partial charge on any atom is -0.317 e. The Labute approximate surface area is 114 Å². The highest BCUT2D eigenvalue weighted by Gasteiger charge is 2.22. The van der Waals surface area contributed by atoms with Gasteiger partial charge >= 0.3 is 0 Å². The molecule has 0 atom stereocenters. The van der Waals surface area contributed by atoms with Crippen molar-refractivity contribution in [2.75, 3.05) is 13.1 Å². The van der Waals surface area contributed by atoms with E-state index in [4.69, 9.17) is 0 Å². The van der Waals surface area contributed by atoms with Gasteiger partial charge in [0.2, 0.25) is 0 Å². The Hall–Kier alpha value is -0.690. The number of halogens is 1. The molecule has 5 nitrogen and oxygen atoms in total. The van der Waals surface area contributed by atoms with Gasteiger partial charge in [-0.3, -0.25) is 0 Å². The van der Waals surface area contributed by atoms with Crippen molar-refractivity contribution in [3.8, 4) is 0 Å². The lowest BCUT2D eigenvalue weighted by atomic mass is 10.1. The van der Waals surface area contributed by atoms with Gasteiger partial charge in [-0.25, -0.2) is 18.1 Å². The number of sulfonamides is 1. The van der Waals surface area contributed by atoms with E-state index in [-0.39, 0.29) is 23.5 Å². The van der Waals surface area contributed by atoms with Crippen LogP contribution >= 0.6 is 12.4 Å². The van der Waals surface area contributed by atoms with Crippen molar-refractivity contribution >= 4 is 22.4 Å². The van der Waals surface area contributed by atoms with Crippen LogP contribution in [0, 0.1) is 6.92 Å². The number of nitrogens with one attached hydrogen (secondary N) is 2. The molecule has 7 heteroatoms. The Morgan fingerprint density at radius 3 is 2.67 bits per heavy atom. The third-order valence-electron chi connectivity index (χ3n) is 2.83. The third-order valence-corrected chi connectivity index (χ3v) is 4.24. The number of hydrogen-bond donors (Lipinski definition) is 2. The summed E-state index contributed by atoms with van der Waals surface area (Å²) >= 11 is 0. The zero-order valence-corrected chi connectivity index (χ0v) is 11.9. The molecular formula is C11H18ClN3O2S. The quantitative estimate of drug-likeness (QED) is 0.866. The van der Waals surface area contributed by atoms with Crippen molar-refractivity contribution in [1.29, 1.82) is 0 Å². The maximum atomic E-state index is 12.1. The molecule has 2 rings (SSSR count). The first-order valence-electron chi connectivity index (χ1n) is 5.74. The normalized spacial score (nSPS) is 17.2. The monoisotopic (exact) mass is 291 g/mol. The molecule has 0 aromatic carbocycles. The van der Waals surface area contributed by atoms with Crippen LogP contribution < -0.4 is 10.0 Å². The number of rotatable bonds is 3. The van der Waals surface area contributed by atoms with Crippen molar-refractivity contribution < 1.29 is 8.42 Å². The van der Waals surface area contributed by atoms with Gasteiger partial charge < -0.3 is 5.32 Å². The first-order chi connectivity index (χ1) is 8.08. The second-order valence-corrected chi connectivity index (χ2v) is 5.98. The van der Waals surface area contributed by atoms with Gasteiger partial charge in [-0.1, -0.05) is 0 Å². The van der Waals surface area contributed by atoms with Crippen LogP contribution in [0.2, 0.25) is 0 Å². The topological polar surface area (TPSA) is 71.1 Å². The van der Waals surface area contributed by atoms with Gasteiger partial charge in [0.15, 0.2) is 5.03 Å². The zero-order chi connectivity index (χ0) is 12.3. The molecule has 0 bridgehead atoms. The lowest BCUT2D eigenvalue weighted by Crippen LogP contribution is -2.42. The molecule has 18 heavy (non-hydrogen) atoms. The molecule has 2 heterocycles. The van der Waals surface area contributed by atoms with Crippen molar-refractivity contribution in [3.63, 3.8) is 0 Å². The standard InChI is InChI=1S/C11H17N3O2S.ClH/c1-9-2-7-13-11(8-9)17(15,16)14-10-3-5-12-6-4-10;/h2,7-8,10,12,14H,3-6H2,1H3;1H. The molecule has 102 valence electrons. The fourth-order valence-electron chi connectivity index (χ4n) is 1.87. The Bertz CT molecular complexity index is 487. The summed E-state index contributed by atoms with van der Waals surface area (Å²) in [6.45, 7) is 3.56. The van der Waals surface area contributed by atoms with Crippen molar-refractivity contribution in [3.05, 3.63) is 23.9 Å². The molecule has 2 N–H and O–H groups in total. The number of piperidine rings is 1. The van der Waals surface area contributed by atoms with E-state index >= 15 is 0 Å². The average Bonchev–Trinajstić information content (AvgIpc) is 2.30. The Morgan fingerprint density at radius 2 is 2.06 bits per heavy atom. The van der Waals surface area contributed by atoms with Crippen LogP contribution in [0.3, 0.4) is 0 Å². The largest absolute Gasteiger partial charge is 0.317 e. The lowest BCUT2D eigenvalue weighted by Gasteiger charge is -2.23. The van der Waals surface area contributed by atoms with E-state index in [9.17, 15) is 8.42 Å². The van der Waals surface area contributed by atoms with E-state index in [0.29, 0.717) is 0 Å². The minimum absolute atomic E-state index is 0. The van der Waals surface area contributed by atoms with Crippen LogP contribution in [-0.2, 0) is 10.0 Å². The maximum absolute atomic E-state index is 12.1. The van der Waals surface area contributed by atoms with Crippen LogP contribution in [0.5, 0.6) is 0 Å². The van der Waals surface area contributed by atoms with Gasteiger partial charge in [0.25, 0.3) is 10.0 Å². The number of aryl methyl sites for hydroxylation is 1. The Kier molecular flexibility index (Phi) is 5.52. The summed E-state index contributed by atoms with van der Waals surface area (Å²) in [5.74, 6) is 0. The average molecular weight is 292 g/mol. The highest BCUT2D eigenvalue weighted by Crippen LogP contribution is 2.11. The summed E-state index contributed by atoms with van der Waals surface area (Å²) in [5, 5.41) is 3.31. The second-order valence-electron chi connectivity index (χ2n) is 4.32. The SMILES string of the molecule is Cc1ccnc(S(=O)(=O)NC2CCNCC2)c1.Cl. The van der Waals surface area contributed by atoms with E-state index in [1.54, 1.807) is 12.1 Å². The predicted octanol–water partition coefficient (Wildman–Crippen LogP) is 0.842. The van der Waals surface area contributed by atoms with E-state index in [0.717, 1.165) is 31.5 Å². The highest BCUT2D eigenvalue weighted by molar-refractivity contribution is 7.89. The van der Waals surface area contributed by atoms with Crippen LogP contribution in [0.1, 0.15) is 18.4 Å². The van der Waals surface area contributed by atoms with Gasteiger partial charge in [-0.15, -0.1) is 12.4 Å². The highest BCUT2D eigenvalue weighted by atomic mass is 35.5. The predicted molar refractivity (Wildman–Crippen MR) is 72.4 cm³/mol. The molecule has 0 unspecified atom stereocenters. The molecule has 1 fully saturated rings. The molecular weight excluding hydrogens is 274 g/mol. The number of nitrogens with zero attached hydrogens (tertiary/aromatic N) is 1. The number of aromatic nitrogens is 1. The molecule has 0 saturated carbocycles. The molecule has 0 amide bonds. The van der Waals surface area contributed by atoms with Crippen molar-refractivity contribution in [2.45, 2.75) is 30.8 Å².